The fourth-order valence-corrected chi connectivity index (χ4v) is 3.48. The number of nitrogens with zero attached hydrogens (tertiary/aromatic N) is 1. The van der Waals surface area contributed by atoms with Crippen molar-refractivity contribution in [3.05, 3.63) is 26.8 Å². The van der Waals surface area contributed by atoms with Gasteiger partial charge in [-0.2, -0.15) is 0 Å². The van der Waals surface area contributed by atoms with Crippen LogP contribution in [0.4, 0.5) is 5.69 Å². The molecule has 0 spiro atoms. The molecule has 100 valence electrons. The van der Waals surface area contributed by atoms with Crippen LogP contribution in [0.2, 0.25) is 5.02 Å². The maximum absolute atomic E-state index is 6.35. The SMILES string of the molecule is CC(C)CC1CN(c2ccc(I)cc2Cl)CCN1. The number of nitrogens with one attached hydrogen (secondary N) is 1. The molecule has 1 fully saturated rings. The Balaban J connectivity index is 2.08. The zero-order valence-corrected chi connectivity index (χ0v) is 13.8. The first-order valence-corrected chi connectivity index (χ1v) is 7.95. The topological polar surface area (TPSA) is 15.3 Å². The molecule has 2 nitrogen and oxygen atoms in total. The summed E-state index contributed by atoms with van der Waals surface area (Å²) in [5.41, 5.74) is 1.17. The van der Waals surface area contributed by atoms with E-state index < -0.39 is 0 Å². The summed E-state index contributed by atoms with van der Waals surface area (Å²) in [5, 5.41) is 4.46. The van der Waals surface area contributed by atoms with Gasteiger partial charge in [-0.1, -0.05) is 25.4 Å². The van der Waals surface area contributed by atoms with Crippen molar-refractivity contribution >= 4 is 39.9 Å². The second-order valence-corrected chi connectivity index (χ2v) is 6.98. The van der Waals surface area contributed by atoms with Crippen LogP contribution in [0.3, 0.4) is 0 Å². The van der Waals surface area contributed by atoms with Crippen LogP contribution >= 0.6 is 34.2 Å². The average molecular weight is 379 g/mol. The van der Waals surface area contributed by atoms with Gasteiger partial charge in [0.1, 0.15) is 0 Å². The summed E-state index contributed by atoms with van der Waals surface area (Å²) in [6, 6.07) is 6.88. The van der Waals surface area contributed by atoms with Gasteiger partial charge in [-0.15, -0.1) is 0 Å². The molecule has 1 unspecified atom stereocenters. The van der Waals surface area contributed by atoms with Crippen molar-refractivity contribution in [1.29, 1.82) is 0 Å². The van der Waals surface area contributed by atoms with Gasteiger partial charge < -0.3 is 10.2 Å². The fraction of sp³-hybridized carbons (Fsp3) is 0.571. The monoisotopic (exact) mass is 378 g/mol. The normalized spacial score (nSPS) is 20.5. The van der Waals surface area contributed by atoms with E-state index in [9.17, 15) is 0 Å². The largest absolute Gasteiger partial charge is 0.367 e. The van der Waals surface area contributed by atoms with Crippen LogP contribution in [0.15, 0.2) is 18.2 Å². The molecule has 2 rings (SSSR count). The van der Waals surface area contributed by atoms with Crippen LogP contribution in [0.1, 0.15) is 20.3 Å². The van der Waals surface area contributed by atoms with Gasteiger partial charge in [-0.05, 0) is 53.1 Å². The Labute approximate surface area is 128 Å². The van der Waals surface area contributed by atoms with E-state index in [1.54, 1.807) is 0 Å². The van der Waals surface area contributed by atoms with E-state index in [1.807, 2.05) is 6.07 Å². The number of hydrogen-bond donors (Lipinski definition) is 1. The zero-order chi connectivity index (χ0) is 13.1. The number of piperazine rings is 1. The van der Waals surface area contributed by atoms with Crippen molar-refractivity contribution in [2.24, 2.45) is 5.92 Å². The van der Waals surface area contributed by atoms with E-state index in [1.165, 1.54) is 15.7 Å². The van der Waals surface area contributed by atoms with Crippen LogP contribution in [0.5, 0.6) is 0 Å². The lowest BCUT2D eigenvalue weighted by molar-refractivity contribution is 0.388. The van der Waals surface area contributed by atoms with Crippen molar-refractivity contribution in [2.45, 2.75) is 26.3 Å². The third-order valence-corrected chi connectivity index (χ3v) is 4.24. The van der Waals surface area contributed by atoms with Crippen molar-refractivity contribution in [1.82, 2.24) is 5.32 Å². The average Bonchev–Trinajstić information content (AvgIpc) is 2.28. The Hall–Kier alpha value is -0.000000000000000132. The molecule has 18 heavy (non-hydrogen) atoms. The first-order valence-electron chi connectivity index (χ1n) is 6.49. The molecule has 1 saturated heterocycles. The standard InChI is InChI=1S/C14H20ClIN2/c1-10(2)7-12-9-18(6-5-17-12)14-4-3-11(16)8-13(14)15/h3-4,8,10,12,17H,5-7,9H2,1-2H3. The Morgan fingerprint density at radius 2 is 2.28 bits per heavy atom. The minimum atomic E-state index is 0.578. The molecule has 1 N–H and O–H groups in total. The molecule has 0 amide bonds. The van der Waals surface area contributed by atoms with E-state index in [2.05, 4.69) is 58.8 Å². The zero-order valence-electron chi connectivity index (χ0n) is 10.9. The molecule has 4 heteroatoms. The third kappa shape index (κ3) is 3.75. The molecular weight excluding hydrogens is 359 g/mol. The van der Waals surface area contributed by atoms with Crippen molar-refractivity contribution in [2.75, 3.05) is 24.5 Å². The van der Waals surface area contributed by atoms with E-state index in [0.717, 1.165) is 30.6 Å². The molecule has 1 aliphatic heterocycles. The fourth-order valence-electron chi connectivity index (χ4n) is 2.51. The lowest BCUT2D eigenvalue weighted by atomic mass is 10.0. The summed E-state index contributed by atoms with van der Waals surface area (Å²) >= 11 is 8.65. The second kappa shape index (κ2) is 6.44. The minimum absolute atomic E-state index is 0.578. The molecule has 0 aliphatic carbocycles. The number of halogens is 2. The van der Waals surface area contributed by atoms with Gasteiger partial charge in [-0.3, -0.25) is 0 Å². The van der Waals surface area contributed by atoms with Crippen LogP contribution in [-0.4, -0.2) is 25.7 Å². The minimum Gasteiger partial charge on any atom is -0.367 e. The summed E-state index contributed by atoms with van der Waals surface area (Å²) in [5.74, 6) is 0.731. The summed E-state index contributed by atoms with van der Waals surface area (Å²) < 4.78 is 1.19. The summed E-state index contributed by atoms with van der Waals surface area (Å²) in [4.78, 5) is 2.40. The van der Waals surface area contributed by atoms with Crippen LogP contribution < -0.4 is 10.2 Å². The first kappa shape index (κ1) is 14.4. The molecule has 1 aromatic carbocycles. The molecule has 0 aromatic heterocycles. The Morgan fingerprint density at radius 3 is 2.94 bits per heavy atom. The van der Waals surface area contributed by atoms with E-state index in [-0.39, 0.29) is 0 Å². The Morgan fingerprint density at radius 1 is 1.50 bits per heavy atom. The predicted octanol–water partition coefficient (Wildman–Crippen LogP) is 3.77. The van der Waals surface area contributed by atoms with Crippen molar-refractivity contribution < 1.29 is 0 Å². The smallest absolute Gasteiger partial charge is 0.0650 e. The van der Waals surface area contributed by atoms with Crippen LogP contribution in [0.25, 0.3) is 0 Å². The van der Waals surface area contributed by atoms with Gasteiger partial charge in [0.2, 0.25) is 0 Å². The van der Waals surface area contributed by atoms with Crippen LogP contribution in [0, 0.1) is 9.49 Å². The molecular formula is C14H20ClIN2. The highest BCUT2D eigenvalue weighted by Crippen LogP contribution is 2.28. The van der Waals surface area contributed by atoms with Crippen molar-refractivity contribution in [3.63, 3.8) is 0 Å². The number of rotatable bonds is 3. The molecule has 0 bridgehead atoms. The van der Waals surface area contributed by atoms with Gasteiger partial charge in [-0.25, -0.2) is 0 Å². The lowest BCUT2D eigenvalue weighted by Crippen LogP contribution is -2.51. The molecule has 0 radical (unpaired) electrons. The number of anilines is 1. The Kier molecular flexibility index (Phi) is 5.15. The molecule has 1 aromatic rings. The quantitative estimate of drug-likeness (QED) is 0.806. The summed E-state index contributed by atoms with van der Waals surface area (Å²) in [6.45, 7) is 7.68. The maximum atomic E-state index is 6.35. The molecule has 1 aliphatic rings. The summed E-state index contributed by atoms with van der Waals surface area (Å²) in [6.07, 6.45) is 1.22. The second-order valence-electron chi connectivity index (χ2n) is 5.32. The van der Waals surface area contributed by atoms with E-state index in [4.69, 9.17) is 11.6 Å². The Bertz CT molecular complexity index is 409. The number of hydrogen-bond acceptors (Lipinski definition) is 2. The van der Waals surface area contributed by atoms with Gasteiger partial charge in [0, 0.05) is 29.2 Å². The lowest BCUT2D eigenvalue weighted by Gasteiger charge is -2.36. The summed E-state index contributed by atoms with van der Waals surface area (Å²) in [7, 11) is 0. The molecule has 0 saturated carbocycles. The van der Waals surface area contributed by atoms with Crippen molar-refractivity contribution in [3.8, 4) is 0 Å². The maximum Gasteiger partial charge on any atom is 0.0650 e. The predicted molar refractivity (Wildman–Crippen MR) is 87.6 cm³/mol. The highest BCUT2D eigenvalue weighted by molar-refractivity contribution is 14.1. The highest BCUT2D eigenvalue weighted by Gasteiger charge is 2.21. The molecule has 1 heterocycles. The van der Waals surface area contributed by atoms with Gasteiger partial charge in [0.25, 0.3) is 0 Å². The van der Waals surface area contributed by atoms with Gasteiger partial charge in [0.05, 0.1) is 10.7 Å². The van der Waals surface area contributed by atoms with Gasteiger partial charge >= 0.3 is 0 Å². The highest BCUT2D eigenvalue weighted by atomic mass is 127. The van der Waals surface area contributed by atoms with E-state index in [0.29, 0.717) is 6.04 Å². The number of benzene rings is 1. The van der Waals surface area contributed by atoms with Crippen LogP contribution in [-0.2, 0) is 0 Å². The van der Waals surface area contributed by atoms with E-state index >= 15 is 0 Å². The molecule has 1 atom stereocenters. The third-order valence-electron chi connectivity index (χ3n) is 3.26. The van der Waals surface area contributed by atoms with Gasteiger partial charge in [0.15, 0.2) is 0 Å². The first-order chi connectivity index (χ1) is 8.56.